The zero-order chi connectivity index (χ0) is 15.4. The van der Waals surface area contributed by atoms with Crippen LogP contribution in [0.25, 0.3) is 5.52 Å². The predicted molar refractivity (Wildman–Crippen MR) is 83.6 cm³/mol. The monoisotopic (exact) mass is 312 g/mol. The Labute approximate surface area is 134 Å². The van der Waals surface area contributed by atoms with Crippen LogP contribution in [-0.2, 0) is 16.1 Å². The van der Waals surface area contributed by atoms with Crippen molar-refractivity contribution < 1.29 is 9.53 Å². The van der Waals surface area contributed by atoms with E-state index in [4.69, 9.17) is 4.74 Å². The number of ether oxygens (including phenoxy) is 1. The Balaban J connectivity index is 1.47. The molecule has 3 aliphatic heterocycles. The van der Waals surface area contributed by atoms with Gasteiger partial charge < -0.3 is 9.64 Å². The van der Waals surface area contributed by atoms with Gasteiger partial charge >= 0.3 is 0 Å². The van der Waals surface area contributed by atoms with Crippen molar-refractivity contribution in [3.05, 3.63) is 36.2 Å². The maximum Gasteiger partial charge on any atom is 0.226 e. The molecule has 1 spiro atoms. The number of rotatable bonds is 2. The first-order valence-electron chi connectivity index (χ1n) is 8.38. The molecule has 5 rings (SSSR count). The minimum absolute atomic E-state index is 0.168. The molecule has 0 N–H and O–H groups in total. The van der Waals surface area contributed by atoms with Crippen LogP contribution >= 0.6 is 0 Å². The summed E-state index contributed by atoms with van der Waals surface area (Å²) in [5, 5.41) is 4.42. The van der Waals surface area contributed by atoms with Crippen LogP contribution in [0.2, 0.25) is 0 Å². The molecule has 2 aromatic rings. The van der Waals surface area contributed by atoms with E-state index in [1.165, 1.54) is 0 Å². The molecule has 0 radical (unpaired) electrons. The summed E-state index contributed by atoms with van der Waals surface area (Å²) in [6, 6.07) is 8.43. The molecule has 0 aliphatic carbocycles. The summed E-state index contributed by atoms with van der Waals surface area (Å²) in [5.74, 6) is 0.247. The highest BCUT2D eigenvalue weighted by molar-refractivity contribution is 5.81. The van der Waals surface area contributed by atoms with Crippen LogP contribution in [0.4, 0.5) is 0 Å². The molecule has 6 heteroatoms. The largest absolute Gasteiger partial charge is 0.354 e. The van der Waals surface area contributed by atoms with E-state index in [2.05, 4.69) is 28.2 Å². The minimum Gasteiger partial charge on any atom is -0.354 e. The molecular formula is C17H20N4O2. The first kappa shape index (κ1) is 13.5. The second-order valence-electron chi connectivity index (χ2n) is 6.72. The lowest BCUT2D eigenvalue weighted by molar-refractivity contribution is -0.180. The molecule has 0 aromatic carbocycles. The normalized spacial score (nSPS) is 30.9. The molecule has 1 amide bonds. The van der Waals surface area contributed by atoms with Crippen molar-refractivity contribution >= 4 is 11.4 Å². The van der Waals surface area contributed by atoms with Crippen LogP contribution in [-0.4, -0.2) is 56.8 Å². The molecule has 2 atom stereocenters. The van der Waals surface area contributed by atoms with Gasteiger partial charge in [-0.25, -0.2) is 4.52 Å². The number of hydrogen-bond acceptors (Lipinski definition) is 4. The zero-order valence-electron chi connectivity index (χ0n) is 13.0. The summed E-state index contributed by atoms with van der Waals surface area (Å²) in [4.78, 5) is 16.8. The number of aromatic nitrogens is 2. The fourth-order valence-corrected chi connectivity index (χ4v) is 4.56. The Morgan fingerprint density at radius 2 is 2.26 bits per heavy atom. The van der Waals surface area contributed by atoms with Crippen LogP contribution < -0.4 is 0 Å². The summed E-state index contributed by atoms with van der Waals surface area (Å²) >= 11 is 0. The van der Waals surface area contributed by atoms with Gasteiger partial charge in [-0.05, 0) is 24.6 Å². The predicted octanol–water partition coefficient (Wildman–Crippen LogP) is 1.26. The van der Waals surface area contributed by atoms with E-state index in [-0.39, 0.29) is 17.7 Å². The third-order valence-electron chi connectivity index (χ3n) is 5.59. The molecular weight excluding hydrogens is 292 g/mol. The fourth-order valence-electron chi connectivity index (χ4n) is 4.56. The Kier molecular flexibility index (Phi) is 2.81. The lowest BCUT2D eigenvalue weighted by Gasteiger charge is -2.42. The van der Waals surface area contributed by atoms with Crippen molar-refractivity contribution in [2.24, 2.45) is 0 Å². The van der Waals surface area contributed by atoms with Gasteiger partial charge in [-0.1, -0.05) is 6.07 Å². The van der Waals surface area contributed by atoms with E-state index in [1.54, 1.807) is 0 Å². The van der Waals surface area contributed by atoms with Crippen molar-refractivity contribution in [1.29, 1.82) is 0 Å². The van der Waals surface area contributed by atoms with E-state index in [0.717, 1.165) is 50.3 Å². The molecule has 0 unspecified atom stereocenters. The standard InChI is InChI=1S/C17H20N4O2/c22-16-11-15-17(20(16)8-2-10-23-17)6-9-19(15)12-14-4-1-3-13-5-7-18-21(13)14/h1,3-5,7,15H,2,6,8-12H2/t15-,17+/m1/s1. The van der Waals surface area contributed by atoms with Crippen LogP contribution in [0, 0.1) is 0 Å². The van der Waals surface area contributed by atoms with Crippen LogP contribution in [0.5, 0.6) is 0 Å². The minimum atomic E-state index is -0.368. The van der Waals surface area contributed by atoms with Crippen molar-refractivity contribution in [2.75, 3.05) is 19.7 Å². The second kappa shape index (κ2) is 4.79. The Hall–Kier alpha value is -1.92. The van der Waals surface area contributed by atoms with Crippen molar-refractivity contribution in [2.45, 2.75) is 37.6 Å². The average Bonchev–Trinajstić information content (AvgIpc) is 3.23. The van der Waals surface area contributed by atoms with Gasteiger partial charge in [-0.3, -0.25) is 9.69 Å². The smallest absolute Gasteiger partial charge is 0.226 e. The first-order chi connectivity index (χ1) is 11.3. The number of nitrogens with zero attached hydrogens (tertiary/aromatic N) is 4. The summed E-state index contributed by atoms with van der Waals surface area (Å²) < 4.78 is 8.15. The molecule has 2 aromatic heterocycles. The molecule has 3 saturated heterocycles. The van der Waals surface area contributed by atoms with Gasteiger partial charge in [0, 0.05) is 38.7 Å². The van der Waals surface area contributed by atoms with E-state index >= 15 is 0 Å². The number of likely N-dealkylation sites (tertiary alicyclic amines) is 1. The maximum atomic E-state index is 12.4. The lowest BCUT2D eigenvalue weighted by Crippen LogP contribution is -2.56. The van der Waals surface area contributed by atoms with Gasteiger partial charge in [0.15, 0.2) is 5.72 Å². The van der Waals surface area contributed by atoms with E-state index in [0.29, 0.717) is 6.42 Å². The number of fused-ring (bicyclic) bond motifs is 1. The van der Waals surface area contributed by atoms with Gasteiger partial charge in [0.05, 0.1) is 23.9 Å². The first-order valence-corrected chi connectivity index (χ1v) is 8.38. The van der Waals surface area contributed by atoms with Gasteiger partial charge in [-0.15, -0.1) is 0 Å². The molecule has 5 heterocycles. The van der Waals surface area contributed by atoms with Crippen molar-refractivity contribution in [1.82, 2.24) is 19.4 Å². The maximum absolute atomic E-state index is 12.4. The molecule has 0 bridgehead atoms. The highest BCUT2D eigenvalue weighted by atomic mass is 16.5. The summed E-state index contributed by atoms with van der Waals surface area (Å²) in [5.41, 5.74) is 1.90. The number of carbonyl (C=O) groups is 1. The third kappa shape index (κ3) is 1.82. The second-order valence-corrected chi connectivity index (χ2v) is 6.72. The van der Waals surface area contributed by atoms with Crippen LogP contribution in [0.3, 0.4) is 0 Å². The van der Waals surface area contributed by atoms with Gasteiger partial charge in [0.1, 0.15) is 0 Å². The summed E-state index contributed by atoms with van der Waals surface area (Å²) in [7, 11) is 0. The Morgan fingerprint density at radius 1 is 1.30 bits per heavy atom. The molecule has 0 saturated carbocycles. The molecule has 23 heavy (non-hydrogen) atoms. The summed E-state index contributed by atoms with van der Waals surface area (Å²) in [6.07, 6.45) is 4.27. The van der Waals surface area contributed by atoms with E-state index in [9.17, 15) is 4.79 Å². The third-order valence-corrected chi connectivity index (χ3v) is 5.59. The lowest BCUT2D eigenvalue weighted by atomic mass is 10.0. The summed E-state index contributed by atoms with van der Waals surface area (Å²) in [6.45, 7) is 3.38. The molecule has 6 nitrogen and oxygen atoms in total. The number of amides is 1. The number of carbonyl (C=O) groups excluding carboxylic acids is 1. The molecule has 3 fully saturated rings. The SMILES string of the molecule is O=C1C[C@H]2N(Cc3cccc4ccnn34)CC[C@]23OCCCN13. The highest BCUT2D eigenvalue weighted by Crippen LogP contribution is 2.45. The van der Waals surface area contributed by atoms with Crippen molar-refractivity contribution in [3.63, 3.8) is 0 Å². The quantitative estimate of drug-likeness (QED) is 0.838. The highest BCUT2D eigenvalue weighted by Gasteiger charge is 2.60. The Morgan fingerprint density at radius 3 is 3.22 bits per heavy atom. The van der Waals surface area contributed by atoms with Gasteiger partial charge in [0.2, 0.25) is 5.91 Å². The topological polar surface area (TPSA) is 50.1 Å². The van der Waals surface area contributed by atoms with Crippen LogP contribution in [0.1, 0.15) is 25.0 Å². The average molecular weight is 312 g/mol. The number of pyridine rings is 1. The fraction of sp³-hybridized carbons (Fsp3) is 0.529. The van der Waals surface area contributed by atoms with Gasteiger partial charge in [0.25, 0.3) is 0 Å². The van der Waals surface area contributed by atoms with E-state index in [1.807, 2.05) is 21.7 Å². The Bertz CT molecular complexity index is 773. The van der Waals surface area contributed by atoms with Gasteiger partial charge in [-0.2, -0.15) is 5.10 Å². The molecule has 120 valence electrons. The molecule has 3 aliphatic rings. The van der Waals surface area contributed by atoms with E-state index < -0.39 is 0 Å². The van der Waals surface area contributed by atoms with Crippen molar-refractivity contribution in [3.8, 4) is 0 Å². The van der Waals surface area contributed by atoms with Crippen LogP contribution in [0.15, 0.2) is 30.5 Å². The number of hydrogen-bond donors (Lipinski definition) is 0. The zero-order valence-corrected chi connectivity index (χ0v) is 13.0.